The molecule has 1 aromatic heterocycles. The van der Waals surface area contributed by atoms with Crippen molar-refractivity contribution in [2.45, 2.75) is 26.8 Å². The number of anilines is 1. The van der Waals surface area contributed by atoms with Crippen LogP contribution in [0.5, 0.6) is 0 Å². The van der Waals surface area contributed by atoms with Crippen LogP contribution in [0.25, 0.3) is 0 Å². The molecule has 1 aliphatic heterocycles. The molecule has 136 valence electrons. The minimum absolute atomic E-state index is 0.0760. The Labute approximate surface area is 171 Å². The number of amides is 1. The minimum Gasteiger partial charge on any atom is -0.306 e. The number of halogens is 1. The Balaban J connectivity index is 1.80. The molecule has 0 N–H and O–H groups in total. The highest BCUT2D eigenvalue weighted by atomic mass is 79.9. The number of fused-ring (bicyclic) bond motifs is 1. The van der Waals surface area contributed by atoms with Crippen molar-refractivity contribution in [3.8, 4) is 0 Å². The fourth-order valence-electron chi connectivity index (χ4n) is 3.18. The van der Waals surface area contributed by atoms with Crippen molar-refractivity contribution < 1.29 is 4.79 Å². The van der Waals surface area contributed by atoms with E-state index in [0.717, 1.165) is 37.6 Å². The van der Waals surface area contributed by atoms with E-state index in [1.807, 2.05) is 46.7 Å². The van der Waals surface area contributed by atoms with Crippen LogP contribution in [0, 0.1) is 13.8 Å². The Kier molecular flexibility index (Phi) is 4.98. The molecular weight excluding hydrogens is 420 g/mol. The standard InChI is InChI=1S/C22H19BrN2OS/c1-14-10-18-20(11-15(14)2)25(13-16-5-7-17(23)8-6-16)22(26)12-19(24-18)21-4-3-9-27-21/h3-11H,12-13H2,1-2H3. The van der Waals surface area contributed by atoms with Crippen molar-refractivity contribution in [3.63, 3.8) is 0 Å². The second kappa shape index (κ2) is 7.41. The zero-order valence-corrected chi connectivity index (χ0v) is 17.6. The molecule has 0 fully saturated rings. The quantitative estimate of drug-likeness (QED) is 0.479. The van der Waals surface area contributed by atoms with Gasteiger partial charge in [0.05, 0.1) is 30.1 Å². The lowest BCUT2D eigenvalue weighted by molar-refractivity contribution is -0.117. The number of benzene rings is 2. The first-order chi connectivity index (χ1) is 13.0. The number of hydrogen-bond donors (Lipinski definition) is 0. The van der Waals surface area contributed by atoms with E-state index in [1.165, 1.54) is 5.56 Å². The molecule has 3 nitrogen and oxygen atoms in total. The molecule has 5 heteroatoms. The molecule has 4 rings (SSSR count). The van der Waals surface area contributed by atoms with Crippen molar-refractivity contribution in [2.24, 2.45) is 4.99 Å². The summed E-state index contributed by atoms with van der Waals surface area (Å²) in [5.41, 5.74) is 6.04. The Bertz CT molecular complexity index is 1020. The maximum Gasteiger partial charge on any atom is 0.233 e. The lowest BCUT2D eigenvalue weighted by Crippen LogP contribution is -2.31. The van der Waals surface area contributed by atoms with Crippen molar-refractivity contribution in [1.82, 2.24) is 0 Å². The van der Waals surface area contributed by atoms with Crippen molar-refractivity contribution >= 4 is 50.3 Å². The smallest absolute Gasteiger partial charge is 0.233 e. The normalized spacial score (nSPS) is 14.0. The minimum atomic E-state index is 0.0760. The molecule has 0 spiro atoms. The molecule has 1 amide bonds. The maximum atomic E-state index is 13.2. The van der Waals surface area contributed by atoms with Crippen LogP contribution in [0.15, 0.2) is 63.4 Å². The lowest BCUT2D eigenvalue weighted by atomic mass is 10.1. The lowest BCUT2D eigenvalue weighted by Gasteiger charge is -2.23. The van der Waals surface area contributed by atoms with Gasteiger partial charge in [-0.15, -0.1) is 11.3 Å². The fraction of sp³-hybridized carbons (Fsp3) is 0.182. The summed E-state index contributed by atoms with van der Waals surface area (Å²) in [6, 6.07) is 16.3. The molecule has 0 unspecified atom stereocenters. The number of carbonyl (C=O) groups is 1. The zero-order chi connectivity index (χ0) is 19.0. The van der Waals surface area contributed by atoms with Crippen molar-refractivity contribution in [1.29, 1.82) is 0 Å². The first kappa shape index (κ1) is 18.1. The number of thiophene rings is 1. The molecule has 2 aromatic carbocycles. The monoisotopic (exact) mass is 438 g/mol. The SMILES string of the molecule is Cc1cc2c(cc1C)N(Cc1ccc(Br)cc1)C(=O)CC(c1cccs1)=N2. The molecule has 3 aromatic rings. The van der Waals surface area contributed by atoms with Gasteiger partial charge in [0.15, 0.2) is 0 Å². The van der Waals surface area contributed by atoms with E-state index < -0.39 is 0 Å². The summed E-state index contributed by atoms with van der Waals surface area (Å²) in [6.45, 7) is 4.70. The van der Waals surface area contributed by atoms with Crippen LogP contribution in [0.4, 0.5) is 11.4 Å². The summed E-state index contributed by atoms with van der Waals surface area (Å²) in [6.07, 6.45) is 0.309. The number of aryl methyl sites for hydroxylation is 2. The highest BCUT2D eigenvalue weighted by molar-refractivity contribution is 9.10. The summed E-state index contributed by atoms with van der Waals surface area (Å²) >= 11 is 5.09. The molecule has 2 heterocycles. The first-order valence-electron chi connectivity index (χ1n) is 8.79. The van der Waals surface area contributed by atoms with Crippen LogP contribution < -0.4 is 4.90 Å². The molecule has 0 aliphatic carbocycles. The van der Waals surface area contributed by atoms with E-state index in [-0.39, 0.29) is 5.91 Å². The number of hydrogen-bond acceptors (Lipinski definition) is 3. The van der Waals surface area contributed by atoms with Gasteiger partial charge in [0.2, 0.25) is 5.91 Å². The maximum absolute atomic E-state index is 13.2. The van der Waals surface area contributed by atoms with Crippen LogP contribution in [0.2, 0.25) is 0 Å². The number of aliphatic imine (C=N–C) groups is 1. The molecule has 0 radical (unpaired) electrons. The van der Waals surface area contributed by atoms with Gasteiger partial charge in [0, 0.05) is 9.35 Å². The summed E-state index contributed by atoms with van der Waals surface area (Å²) in [7, 11) is 0. The topological polar surface area (TPSA) is 32.7 Å². The Morgan fingerprint density at radius 1 is 1.11 bits per heavy atom. The number of rotatable bonds is 3. The van der Waals surface area contributed by atoms with Crippen molar-refractivity contribution in [3.05, 3.63) is 80.0 Å². The Morgan fingerprint density at radius 3 is 2.56 bits per heavy atom. The highest BCUT2D eigenvalue weighted by Gasteiger charge is 2.26. The van der Waals surface area contributed by atoms with Crippen LogP contribution in [0.1, 0.15) is 28.0 Å². The number of carbonyl (C=O) groups excluding carboxylic acids is 1. The van der Waals surface area contributed by atoms with Gasteiger partial charge in [-0.3, -0.25) is 4.79 Å². The average molecular weight is 439 g/mol. The predicted octanol–water partition coefficient (Wildman–Crippen LogP) is 6.19. The van der Waals surface area contributed by atoms with Crippen LogP contribution in [-0.4, -0.2) is 11.6 Å². The fourth-order valence-corrected chi connectivity index (χ4v) is 4.16. The third-order valence-corrected chi connectivity index (χ3v) is 6.26. The van der Waals surface area contributed by atoms with Crippen molar-refractivity contribution in [2.75, 3.05) is 4.90 Å². The summed E-state index contributed by atoms with van der Waals surface area (Å²) in [5.74, 6) is 0.0760. The highest BCUT2D eigenvalue weighted by Crippen LogP contribution is 2.37. The van der Waals surface area contributed by atoms with Gasteiger partial charge in [-0.25, -0.2) is 4.99 Å². The van der Waals surface area contributed by atoms with Gasteiger partial charge in [0.25, 0.3) is 0 Å². The van der Waals surface area contributed by atoms with Gasteiger partial charge in [-0.05, 0) is 66.2 Å². The van der Waals surface area contributed by atoms with Gasteiger partial charge in [0.1, 0.15) is 0 Å². The molecule has 0 atom stereocenters. The summed E-state index contributed by atoms with van der Waals surface area (Å²) in [4.78, 5) is 21.0. The Hall–Kier alpha value is -2.24. The molecular formula is C22H19BrN2OS. The van der Waals surface area contributed by atoms with Gasteiger partial charge < -0.3 is 4.90 Å². The van der Waals surface area contributed by atoms with E-state index in [0.29, 0.717) is 13.0 Å². The third-order valence-electron chi connectivity index (χ3n) is 4.82. The van der Waals surface area contributed by atoms with Gasteiger partial charge in [-0.1, -0.05) is 34.1 Å². The second-order valence-electron chi connectivity index (χ2n) is 6.74. The zero-order valence-electron chi connectivity index (χ0n) is 15.2. The molecule has 1 aliphatic rings. The molecule has 0 saturated carbocycles. The predicted molar refractivity (Wildman–Crippen MR) is 116 cm³/mol. The number of nitrogens with zero attached hydrogens (tertiary/aromatic N) is 2. The average Bonchev–Trinajstić information content (AvgIpc) is 3.14. The van der Waals surface area contributed by atoms with E-state index in [4.69, 9.17) is 4.99 Å². The second-order valence-corrected chi connectivity index (χ2v) is 8.61. The van der Waals surface area contributed by atoms with Gasteiger partial charge in [-0.2, -0.15) is 0 Å². The molecule has 0 bridgehead atoms. The Morgan fingerprint density at radius 2 is 1.85 bits per heavy atom. The molecule has 27 heavy (non-hydrogen) atoms. The third kappa shape index (κ3) is 3.75. The van der Waals surface area contributed by atoms with E-state index >= 15 is 0 Å². The molecule has 0 saturated heterocycles. The van der Waals surface area contributed by atoms with Gasteiger partial charge >= 0.3 is 0 Å². The van der Waals surface area contributed by atoms with E-state index in [9.17, 15) is 4.79 Å². The first-order valence-corrected chi connectivity index (χ1v) is 10.5. The van der Waals surface area contributed by atoms with Crippen LogP contribution >= 0.6 is 27.3 Å². The van der Waals surface area contributed by atoms with E-state index in [2.05, 4.69) is 41.9 Å². The van der Waals surface area contributed by atoms with Crippen LogP contribution in [-0.2, 0) is 11.3 Å². The van der Waals surface area contributed by atoms with E-state index in [1.54, 1.807) is 11.3 Å². The van der Waals surface area contributed by atoms with Crippen LogP contribution in [0.3, 0.4) is 0 Å². The summed E-state index contributed by atoms with van der Waals surface area (Å²) < 4.78 is 1.03. The summed E-state index contributed by atoms with van der Waals surface area (Å²) in [5, 5.41) is 2.02. The largest absolute Gasteiger partial charge is 0.306 e.